The van der Waals surface area contributed by atoms with Crippen molar-refractivity contribution in [2.24, 2.45) is 0 Å². The van der Waals surface area contributed by atoms with Crippen molar-refractivity contribution < 1.29 is 4.79 Å². The van der Waals surface area contributed by atoms with Crippen LogP contribution in [0.25, 0.3) is 0 Å². The van der Waals surface area contributed by atoms with Gasteiger partial charge < -0.3 is 5.32 Å². The minimum atomic E-state index is 0.0399. The summed E-state index contributed by atoms with van der Waals surface area (Å²) in [5.41, 5.74) is 2.81. The molecule has 1 aliphatic heterocycles. The SMILES string of the molecule is O=C(CN1CCCNCC1)Nn1cccc1. The van der Waals surface area contributed by atoms with Crippen LogP contribution in [0.2, 0.25) is 0 Å². The first-order valence-electron chi connectivity index (χ1n) is 5.70. The number of carbonyl (C=O) groups is 1. The van der Waals surface area contributed by atoms with E-state index in [1.54, 1.807) is 4.68 Å². The summed E-state index contributed by atoms with van der Waals surface area (Å²) in [6, 6.07) is 3.77. The van der Waals surface area contributed by atoms with Crippen LogP contribution in [-0.4, -0.2) is 48.2 Å². The minimum Gasteiger partial charge on any atom is -0.315 e. The van der Waals surface area contributed by atoms with Gasteiger partial charge in [-0.3, -0.25) is 19.8 Å². The molecule has 0 unspecified atom stereocenters. The summed E-state index contributed by atoms with van der Waals surface area (Å²) < 4.78 is 1.68. The molecule has 0 aromatic carbocycles. The lowest BCUT2D eigenvalue weighted by Gasteiger charge is -2.18. The normalized spacial score (nSPS) is 18.0. The number of carbonyl (C=O) groups excluding carboxylic acids is 1. The summed E-state index contributed by atoms with van der Waals surface area (Å²) >= 11 is 0. The van der Waals surface area contributed by atoms with Crippen LogP contribution in [0.3, 0.4) is 0 Å². The molecule has 88 valence electrons. The molecule has 0 aliphatic carbocycles. The maximum Gasteiger partial charge on any atom is 0.252 e. The zero-order valence-corrected chi connectivity index (χ0v) is 9.35. The van der Waals surface area contributed by atoms with E-state index in [9.17, 15) is 4.79 Å². The van der Waals surface area contributed by atoms with Gasteiger partial charge in [-0.05, 0) is 31.6 Å². The first kappa shape index (κ1) is 11.2. The van der Waals surface area contributed by atoms with Gasteiger partial charge >= 0.3 is 0 Å². The van der Waals surface area contributed by atoms with Crippen LogP contribution < -0.4 is 10.7 Å². The molecule has 5 heteroatoms. The predicted molar refractivity (Wildman–Crippen MR) is 62.7 cm³/mol. The maximum absolute atomic E-state index is 11.7. The number of rotatable bonds is 3. The third-order valence-corrected chi connectivity index (χ3v) is 2.66. The number of aromatic nitrogens is 1. The van der Waals surface area contributed by atoms with E-state index in [0.29, 0.717) is 6.54 Å². The van der Waals surface area contributed by atoms with Gasteiger partial charge in [0.2, 0.25) is 0 Å². The first-order chi connectivity index (χ1) is 7.84. The molecular weight excluding hydrogens is 204 g/mol. The number of hydrogen-bond donors (Lipinski definition) is 2. The van der Waals surface area contributed by atoms with Gasteiger partial charge in [0.15, 0.2) is 0 Å². The number of nitrogens with one attached hydrogen (secondary N) is 2. The van der Waals surface area contributed by atoms with Crippen molar-refractivity contribution in [3.05, 3.63) is 24.5 Å². The third kappa shape index (κ3) is 3.36. The molecule has 2 N–H and O–H groups in total. The second-order valence-electron chi connectivity index (χ2n) is 4.00. The zero-order valence-electron chi connectivity index (χ0n) is 9.35. The Kier molecular flexibility index (Phi) is 3.96. The Balaban J connectivity index is 1.77. The molecular formula is C11H18N4O. The van der Waals surface area contributed by atoms with Gasteiger partial charge in [-0.2, -0.15) is 0 Å². The Labute approximate surface area is 95.4 Å². The quantitative estimate of drug-likeness (QED) is 0.748. The Morgan fingerprint density at radius 3 is 2.88 bits per heavy atom. The molecule has 1 aliphatic rings. The van der Waals surface area contributed by atoms with Crippen LogP contribution in [0.1, 0.15) is 6.42 Å². The molecule has 0 saturated carbocycles. The molecule has 0 spiro atoms. The van der Waals surface area contributed by atoms with Gasteiger partial charge in [-0.15, -0.1) is 0 Å². The van der Waals surface area contributed by atoms with E-state index in [4.69, 9.17) is 0 Å². The molecule has 0 bridgehead atoms. The van der Waals surface area contributed by atoms with E-state index in [1.165, 1.54) is 0 Å². The first-order valence-corrected chi connectivity index (χ1v) is 5.70. The summed E-state index contributed by atoms with van der Waals surface area (Å²) in [6.45, 7) is 4.43. The largest absolute Gasteiger partial charge is 0.315 e. The molecule has 1 aromatic heterocycles. The highest BCUT2D eigenvalue weighted by Crippen LogP contribution is 1.95. The molecule has 0 atom stereocenters. The van der Waals surface area contributed by atoms with Crippen LogP contribution in [0, 0.1) is 0 Å². The van der Waals surface area contributed by atoms with Gasteiger partial charge in [0.25, 0.3) is 5.91 Å². The average molecular weight is 222 g/mol. The Hall–Kier alpha value is -1.33. The molecule has 0 radical (unpaired) electrons. The smallest absolute Gasteiger partial charge is 0.252 e. The number of amides is 1. The monoisotopic (exact) mass is 222 g/mol. The summed E-state index contributed by atoms with van der Waals surface area (Å²) in [7, 11) is 0. The molecule has 2 rings (SSSR count). The fourth-order valence-corrected chi connectivity index (χ4v) is 1.85. The average Bonchev–Trinajstić information content (AvgIpc) is 2.62. The van der Waals surface area contributed by atoms with Gasteiger partial charge in [0, 0.05) is 25.5 Å². The van der Waals surface area contributed by atoms with Crippen molar-refractivity contribution in [3.8, 4) is 0 Å². The van der Waals surface area contributed by atoms with Crippen molar-refractivity contribution in [1.29, 1.82) is 0 Å². The molecule has 1 saturated heterocycles. The van der Waals surface area contributed by atoms with Gasteiger partial charge in [0.05, 0.1) is 6.54 Å². The molecule has 2 heterocycles. The van der Waals surface area contributed by atoms with Crippen LogP contribution in [-0.2, 0) is 4.79 Å². The second-order valence-corrected chi connectivity index (χ2v) is 4.00. The van der Waals surface area contributed by atoms with Crippen LogP contribution >= 0.6 is 0 Å². The van der Waals surface area contributed by atoms with E-state index < -0.39 is 0 Å². The fraction of sp³-hybridized carbons (Fsp3) is 0.545. The number of nitrogens with zero attached hydrogens (tertiary/aromatic N) is 2. The van der Waals surface area contributed by atoms with E-state index in [-0.39, 0.29) is 5.91 Å². The van der Waals surface area contributed by atoms with E-state index in [2.05, 4.69) is 15.6 Å². The minimum absolute atomic E-state index is 0.0399. The van der Waals surface area contributed by atoms with E-state index in [1.807, 2.05) is 24.5 Å². The topological polar surface area (TPSA) is 49.3 Å². The lowest BCUT2D eigenvalue weighted by atomic mass is 10.4. The van der Waals surface area contributed by atoms with Crippen LogP contribution in [0.4, 0.5) is 0 Å². The molecule has 5 nitrogen and oxygen atoms in total. The number of hydrogen-bond acceptors (Lipinski definition) is 3. The van der Waals surface area contributed by atoms with Crippen molar-refractivity contribution in [3.63, 3.8) is 0 Å². The van der Waals surface area contributed by atoms with Gasteiger partial charge in [-0.1, -0.05) is 0 Å². The van der Waals surface area contributed by atoms with Crippen molar-refractivity contribution in [2.75, 3.05) is 38.1 Å². The highest BCUT2D eigenvalue weighted by atomic mass is 16.2. The molecule has 1 aromatic rings. The molecule has 16 heavy (non-hydrogen) atoms. The predicted octanol–water partition coefficient (Wildman–Crippen LogP) is -0.146. The fourth-order valence-electron chi connectivity index (χ4n) is 1.85. The van der Waals surface area contributed by atoms with Gasteiger partial charge in [-0.25, -0.2) is 0 Å². The lowest BCUT2D eigenvalue weighted by molar-refractivity contribution is -0.118. The molecule has 1 amide bonds. The molecule has 1 fully saturated rings. The highest BCUT2D eigenvalue weighted by molar-refractivity contribution is 5.85. The summed E-state index contributed by atoms with van der Waals surface area (Å²) in [6.07, 6.45) is 4.75. The van der Waals surface area contributed by atoms with Crippen molar-refractivity contribution in [2.45, 2.75) is 6.42 Å². The summed E-state index contributed by atoms with van der Waals surface area (Å²) in [5.74, 6) is 0.0399. The zero-order chi connectivity index (χ0) is 11.2. The Bertz CT molecular complexity index is 315. The summed E-state index contributed by atoms with van der Waals surface area (Å²) in [5, 5.41) is 3.32. The lowest BCUT2D eigenvalue weighted by Crippen LogP contribution is -2.37. The van der Waals surface area contributed by atoms with Crippen LogP contribution in [0.5, 0.6) is 0 Å². The van der Waals surface area contributed by atoms with Crippen molar-refractivity contribution in [1.82, 2.24) is 14.9 Å². The van der Waals surface area contributed by atoms with Crippen LogP contribution in [0.15, 0.2) is 24.5 Å². The third-order valence-electron chi connectivity index (χ3n) is 2.66. The highest BCUT2D eigenvalue weighted by Gasteiger charge is 2.12. The summed E-state index contributed by atoms with van der Waals surface area (Å²) in [4.78, 5) is 13.9. The van der Waals surface area contributed by atoms with E-state index >= 15 is 0 Å². The van der Waals surface area contributed by atoms with Gasteiger partial charge in [0.1, 0.15) is 0 Å². The van der Waals surface area contributed by atoms with Crippen molar-refractivity contribution >= 4 is 5.91 Å². The standard InChI is InChI=1S/C11H18N4O/c16-11(13-15-7-1-2-8-15)10-14-6-3-4-12-5-9-14/h1-2,7-8,12H,3-6,9-10H2,(H,13,16). The Morgan fingerprint density at radius 2 is 2.06 bits per heavy atom. The maximum atomic E-state index is 11.7. The second kappa shape index (κ2) is 5.67. The Morgan fingerprint density at radius 1 is 1.25 bits per heavy atom. The van der Waals surface area contributed by atoms with E-state index in [0.717, 1.165) is 32.6 Å².